The van der Waals surface area contributed by atoms with Crippen LogP contribution in [0.2, 0.25) is 0 Å². The Labute approximate surface area is 126 Å². The van der Waals surface area contributed by atoms with Crippen LogP contribution in [-0.4, -0.2) is 37.6 Å². The average molecular weight is 291 g/mol. The topological polar surface area (TPSA) is 39.7 Å². The molecule has 2 aliphatic rings. The quantitative estimate of drug-likeness (QED) is 0.924. The van der Waals surface area contributed by atoms with Crippen LogP contribution in [0.1, 0.15) is 33.1 Å². The van der Waals surface area contributed by atoms with Crippen LogP contribution in [0, 0.1) is 0 Å². The molecule has 1 N–H and O–H groups in total. The minimum Gasteiger partial charge on any atom is -0.491 e. The van der Waals surface area contributed by atoms with Crippen molar-refractivity contribution in [3.8, 4) is 5.75 Å². The maximum absolute atomic E-state index is 5.97. The molecule has 116 valence electrons. The molecule has 1 aromatic rings. The van der Waals surface area contributed by atoms with Crippen molar-refractivity contribution in [1.29, 1.82) is 0 Å². The van der Waals surface area contributed by atoms with Gasteiger partial charge in [-0.3, -0.25) is 0 Å². The summed E-state index contributed by atoms with van der Waals surface area (Å²) in [5.41, 5.74) is 1.10. The molecule has 0 radical (unpaired) electrons. The van der Waals surface area contributed by atoms with E-state index < -0.39 is 0 Å². The molecule has 0 bridgehead atoms. The minimum atomic E-state index is -0.0450. The summed E-state index contributed by atoms with van der Waals surface area (Å²) in [4.78, 5) is 0. The van der Waals surface area contributed by atoms with Gasteiger partial charge in [0.1, 0.15) is 5.75 Å². The molecule has 2 fully saturated rings. The molecular weight excluding hydrogens is 266 g/mol. The van der Waals surface area contributed by atoms with Gasteiger partial charge in [0, 0.05) is 31.4 Å². The first-order chi connectivity index (χ1) is 10.2. The van der Waals surface area contributed by atoms with Crippen molar-refractivity contribution in [3.05, 3.63) is 24.3 Å². The second-order valence-electron chi connectivity index (χ2n) is 6.36. The van der Waals surface area contributed by atoms with Gasteiger partial charge in [0.25, 0.3) is 0 Å². The van der Waals surface area contributed by atoms with E-state index in [4.69, 9.17) is 14.2 Å². The Balaban J connectivity index is 1.58. The van der Waals surface area contributed by atoms with Crippen LogP contribution in [0.5, 0.6) is 5.75 Å². The first kappa shape index (κ1) is 14.7. The normalized spacial score (nSPS) is 29.0. The molecule has 2 atom stereocenters. The standard InChI is InChI=1S/C17H25NO3/c1-13(2)21-16-5-3-14(4-6-16)18-15-7-9-20-17(11-15)8-10-19-12-17/h3-6,13,15,18H,7-12H2,1-2H3. The number of rotatable bonds is 4. The third-order valence-corrected chi connectivity index (χ3v) is 4.16. The van der Waals surface area contributed by atoms with Gasteiger partial charge in [0.2, 0.25) is 0 Å². The van der Waals surface area contributed by atoms with Crippen LogP contribution in [0.3, 0.4) is 0 Å². The molecule has 0 amide bonds. The summed E-state index contributed by atoms with van der Waals surface area (Å²) in [5, 5.41) is 3.62. The van der Waals surface area contributed by atoms with Crippen molar-refractivity contribution < 1.29 is 14.2 Å². The third-order valence-electron chi connectivity index (χ3n) is 4.16. The van der Waals surface area contributed by atoms with Crippen molar-refractivity contribution in [3.63, 3.8) is 0 Å². The van der Waals surface area contributed by atoms with E-state index in [-0.39, 0.29) is 11.7 Å². The summed E-state index contributed by atoms with van der Waals surface area (Å²) in [6.45, 7) is 6.46. The number of ether oxygens (including phenoxy) is 3. The lowest BCUT2D eigenvalue weighted by atomic mass is 9.89. The molecule has 1 aromatic carbocycles. The fourth-order valence-electron chi connectivity index (χ4n) is 3.15. The molecule has 0 aliphatic carbocycles. The first-order valence-corrected chi connectivity index (χ1v) is 7.90. The number of nitrogens with one attached hydrogen (secondary N) is 1. The lowest BCUT2D eigenvalue weighted by molar-refractivity contribution is -0.0828. The van der Waals surface area contributed by atoms with Crippen LogP contribution in [0.4, 0.5) is 5.69 Å². The van der Waals surface area contributed by atoms with E-state index in [0.29, 0.717) is 6.04 Å². The summed E-state index contributed by atoms with van der Waals surface area (Å²) >= 11 is 0. The minimum absolute atomic E-state index is 0.0450. The van der Waals surface area contributed by atoms with Crippen molar-refractivity contribution in [2.24, 2.45) is 0 Å². The molecule has 2 aliphatic heterocycles. The van der Waals surface area contributed by atoms with Gasteiger partial charge in [0.15, 0.2) is 0 Å². The summed E-state index contributed by atoms with van der Waals surface area (Å²) < 4.78 is 17.2. The largest absolute Gasteiger partial charge is 0.491 e. The second kappa shape index (κ2) is 6.24. The fraction of sp³-hybridized carbons (Fsp3) is 0.647. The van der Waals surface area contributed by atoms with Crippen LogP contribution in [-0.2, 0) is 9.47 Å². The Morgan fingerprint density at radius 2 is 2.05 bits per heavy atom. The lowest BCUT2D eigenvalue weighted by Gasteiger charge is -2.37. The molecular formula is C17H25NO3. The molecule has 2 unspecified atom stereocenters. The predicted octanol–water partition coefficient (Wildman–Crippen LogP) is 3.22. The van der Waals surface area contributed by atoms with Crippen molar-refractivity contribution >= 4 is 5.69 Å². The van der Waals surface area contributed by atoms with Gasteiger partial charge >= 0.3 is 0 Å². The number of anilines is 1. The highest BCUT2D eigenvalue weighted by molar-refractivity contribution is 5.47. The van der Waals surface area contributed by atoms with E-state index in [1.54, 1.807) is 0 Å². The zero-order chi connectivity index (χ0) is 14.7. The average Bonchev–Trinajstić information content (AvgIpc) is 2.88. The summed E-state index contributed by atoms with van der Waals surface area (Å²) in [7, 11) is 0. The highest BCUT2D eigenvalue weighted by atomic mass is 16.6. The van der Waals surface area contributed by atoms with Crippen LogP contribution < -0.4 is 10.1 Å². The van der Waals surface area contributed by atoms with Crippen molar-refractivity contribution in [2.75, 3.05) is 25.1 Å². The monoisotopic (exact) mass is 291 g/mol. The Kier molecular flexibility index (Phi) is 4.36. The smallest absolute Gasteiger partial charge is 0.119 e. The van der Waals surface area contributed by atoms with Gasteiger partial charge in [0.05, 0.1) is 18.3 Å². The predicted molar refractivity (Wildman–Crippen MR) is 83.0 cm³/mol. The van der Waals surface area contributed by atoms with Gasteiger partial charge < -0.3 is 19.5 Å². The van der Waals surface area contributed by atoms with Gasteiger partial charge in [-0.2, -0.15) is 0 Å². The Hall–Kier alpha value is -1.26. The molecule has 3 rings (SSSR count). The molecule has 0 aromatic heterocycles. The summed E-state index contributed by atoms with van der Waals surface area (Å²) in [5.74, 6) is 0.920. The van der Waals surface area contributed by atoms with Crippen molar-refractivity contribution in [2.45, 2.75) is 50.9 Å². The zero-order valence-corrected chi connectivity index (χ0v) is 12.9. The van der Waals surface area contributed by atoms with Gasteiger partial charge in [-0.05, 0) is 51.0 Å². The maximum Gasteiger partial charge on any atom is 0.119 e. The highest BCUT2D eigenvalue weighted by Crippen LogP contribution is 2.34. The molecule has 4 heteroatoms. The summed E-state index contributed by atoms with van der Waals surface area (Å²) in [6.07, 6.45) is 3.30. The highest BCUT2D eigenvalue weighted by Gasteiger charge is 2.40. The van der Waals surface area contributed by atoms with E-state index in [2.05, 4.69) is 17.4 Å². The molecule has 4 nitrogen and oxygen atoms in total. The van der Waals surface area contributed by atoms with E-state index >= 15 is 0 Å². The number of benzene rings is 1. The lowest BCUT2D eigenvalue weighted by Crippen LogP contribution is -2.44. The first-order valence-electron chi connectivity index (χ1n) is 7.90. The zero-order valence-electron chi connectivity index (χ0n) is 12.9. The third kappa shape index (κ3) is 3.69. The summed E-state index contributed by atoms with van der Waals surface area (Å²) in [6, 6.07) is 8.68. The van der Waals surface area contributed by atoms with E-state index in [1.165, 1.54) is 0 Å². The van der Waals surface area contributed by atoms with Gasteiger partial charge in [-0.1, -0.05) is 0 Å². The van der Waals surface area contributed by atoms with Crippen LogP contribution >= 0.6 is 0 Å². The molecule has 1 spiro atoms. The van der Waals surface area contributed by atoms with Crippen molar-refractivity contribution in [1.82, 2.24) is 0 Å². The van der Waals surface area contributed by atoms with E-state index in [1.807, 2.05) is 26.0 Å². The fourth-order valence-corrected chi connectivity index (χ4v) is 3.15. The second-order valence-corrected chi connectivity index (χ2v) is 6.36. The molecule has 2 saturated heterocycles. The Bertz CT molecular complexity index is 452. The van der Waals surface area contributed by atoms with Crippen LogP contribution in [0.15, 0.2) is 24.3 Å². The molecule has 0 saturated carbocycles. The molecule has 2 heterocycles. The maximum atomic E-state index is 5.97. The Morgan fingerprint density at radius 3 is 2.71 bits per heavy atom. The molecule has 21 heavy (non-hydrogen) atoms. The van der Waals surface area contributed by atoms with Crippen LogP contribution in [0.25, 0.3) is 0 Å². The van der Waals surface area contributed by atoms with E-state index in [9.17, 15) is 0 Å². The van der Waals surface area contributed by atoms with Gasteiger partial charge in [-0.15, -0.1) is 0 Å². The van der Waals surface area contributed by atoms with Gasteiger partial charge in [-0.25, -0.2) is 0 Å². The number of hydrogen-bond acceptors (Lipinski definition) is 4. The Morgan fingerprint density at radius 1 is 1.24 bits per heavy atom. The van der Waals surface area contributed by atoms with E-state index in [0.717, 1.165) is 50.5 Å². The number of hydrogen-bond donors (Lipinski definition) is 1. The SMILES string of the molecule is CC(C)Oc1ccc(NC2CCOC3(CCOC3)C2)cc1.